The topological polar surface area (TPSA) is 16.4 Å². The van der Waals surface area contributed by atoms with Crippen molar-refractivity contribution in [3.63, 3.8) is 0 Å². The SMILES string of the molecule is CC1(C)c2ccccc2-c2cccc(-c3ccc(N(c4cccc(-c5cccc6oc7ccccc7c56)c4)c4ccc5c(c4)C4(CCCC4)c4ccccc4-5)cc3)c21. The molecule has 278 valence electrons. The zero-order chi connectivity index (χ0) is 38.6. The Balaban J connectivity index is 1.02. The van der Waals surface area contributed by atoms with Gasteiger partial charge in [0.15, 0.2) is 0 Å². The Morgan fingerprint density at radius 1 is 0.431 bits per heavy atom. The van der Waals surface area contributed by atoms with Gasteiger partial charge in [-0.15, -0.1) is 0 Å². The van der Waals surface area contributed by atoms with Crippen LogP contribution in [0.1, 0.15) is 61.8 Å². The summed E-state index contributed by atoms with van der Waals surface area (Å²) in [5.74, 6) is 0. The minimum Gasteiger partial charge on any atom is -0.456 e. The molecular weight excluding hydrogens is 703 g/mol. The molecule has 0 N–H and O–H groups in total. The molecule has 58 heavy (non-hydrogen) atoms. The molecule has 3 aliphatic carbocycles. The van der Waals surface area contributed by atoms with Crippen molar-refractivity contribution in [2.24, 2.45) is 0 Å². The summed E-state index contributed by atoms with van der Waals surface area (Å²) in [6, 6.07) is 65.4. The predicted octanol–water partition coefficient (Wildman–Crippen LogP) is 15.5. The second kappa shape index (κ2) is 12.4. The third kappa shape index (κ3) is 4.72. The molecule has 2 heteroatoms. The van der Waals surface area contributed by atoms with E-state index in [1.807, 2.05) is 6.07 Å². The molecule has 0 bridgehead atoms. The maximum absolute atomic E-state index is 6.34. The number of rotatable bonds is 5. The van der Waals surface area contributed by atoms with Crippen LogP contribution in [0.4, 0.5) is 17.1 Å². The number of hydrogen-bond donors (Lipinski definition) is 0. The van der Waals surface area contributed by atoms with Crippen LogP contribution in [-0.4, -0.2) is 0 Å². The van der Waals surface area contributed by atoms with E-state index in [0.29, 0.717) is 0 Å². The minimum atomic E-state index is -0.0883. The number of nitrogens with zero attached hydrogens (tertiary/aromatic N) is 1. The highest BCUT2D eigenvalue weighted by Crippen LogP contribution is 2.58. The summed E-state index contributed by atoms with van der Waals surface area (Å²) < 4.78 is 6.34. The fraction of sp³-hybridized carbons (Fsp3) is 0.143. The van der Waals surface area contributed by atoms with Crippen molar-refractivity contribution in [1.82, 2.24) is 0 Å². The summed E-state index contributed by atoms with van der Waals surface area (Å²) in [6.45, 7) is 4.75. The van der Waals surface area contributed by atoms with E-state index in [1.54, 1.807) is 0 Å². The molecule has 1 aromatic heterocycles. The molecule has 9 aromatic rings. The summed E-state index contributed by atoms with van der Waals surface area (Å²) in [5, 5.41) is 2.30. The minimum absolute atomic E-state index is 0.0787. The molecule has 0 saturated heterocycles. The highest BCUT2D eigenvalue weighted by atomic mass is 16.3. The first-order chi connectivity index (χ1) is 28.5. The summed E-state index contributed by atoms with van der Waals surface area (Å²) in [6.07, 6.45) is 4.94. The molecule has 8 aromatic carbocycles. The number of fused-ring (bicyclic) bond motifs is 11. The van der Waals surface area contributed by atoms with Gasteiger partial charge in [0.2, 0.25) is 0 Å². The molecule has 1 spiro atoms. The third-order valence-corrected chi connectivity index (χ3v) is 13.8. The van der Waals surface area contributed by atoms with Crippen molar-refractivity contribution in [3.8, 4) is 44.5 Å². The number of benzene rings is 8. The van der Waals surface area contributed by atoms with Crippen molar-refractivity contribution >= 4 is 39.0 Å². The largest absolute Gasteiger partial charge is 0.456 e. The van der Waals surface area contributed by atoms with Gasteiger partial charge >= 0.3 is 0 Å². The molecule has 0 radical (unpaired) electrons. The van der Waals surface area contributed by atoms with Crippen LogP contribution in [0.15, 0.2) is 180 Å². The molecule has 1 saturated carbocycles. The predicted molar refractivity (Wildman–Crippen MR) is 242 cm³/mol. The lowest BCUT2D eigenvalue weighted by atomic mass is 9.76. The highest BCUT2D eigenvalue weighted by Gasteiger charge is 2.45. The summed E-state index contributed by atoms with van der Waals surface area (Å²) in [4.78, 5) is 2.47. The first-order valence-electron chi connectivity index (χ1n) is 20.9. The number of hydrogen-bond acceptors (Lipinski definition) is 2. The summed E-state index contributed by atoms with van der Waals surface area (Å²) in [5.41, 5.74) is 21.5. The lowest BCUT2D eigenvalue weighted by Gasteiger charge is -2.30. The van der Waals surface area contributed by atoms with Gasteiger partial charge in [-0.25, -0.2) is 0 Å². The van der Waals surface area contributed by atoms with Gasteiger partial charge in [-0.1, -0.05) is 154 Å². The quantitative estimate of drug-likeness (QED) is 0.174. The van der Waals surface area contributed by atoms with Crippen molar-refractivity contribution < 1.29 is 4.42 Å². The van der Waals surface area contributed by atoms with Crippen LogP contribution in [-0.2, 0) is 10.8 Å². The van der Waals surface area contributed by atoms with E-state index in [0.717, 1.165) is 33.3 Å². The second-order valence-corrected chi connectivity index (χ2v) is 17.2. The molecule has 0 unspecified atom stereocenters. The highest BCUT2D eigenvalue weighted by molar-refractivity contribution is 6.12. The maximum Gasteiger partial charge on any atom is 0.136 e. The van der Waals surface area contributed by atoms with Gasteiger partial charge in [-0.2, -0.15) is 0 Å². The average molecular weight is 746 g/mol. The number of furan rings is 1. The molecule has 3 aliphatic rings. The lowest BCUT2D eigenvalue weighted by molar-refractivity contribution is 0.550. The third-order valence-electron chi connectivity index (χ3n) is 13.8. The normalized spacial score (nSPS) is 15.4. The van der Waals surface area contributed by atoms with Crippen LogP contribution in [0.3, 0.4) is 0 Å². The molecule has 0 aliphatic heterocycles. The van der Waals surface area contributed by atoms with Gasteiger partial charge in [0.1, 0.15) is 11.2 Å². The van der Waals surface area contributed by atoms with Gasteiger partial charge in [-0.05, 0) is 128 Å². The first kappa shape index (κ1) is 33.5. The van der Waals surface area contributed by atoms with Crippen molar-refractivity contribution in [2.45, 2.75) is 50.4 Å². The van der Waals surface area contributed by atoms with Crippen molar-refractivity contribution in [1.29, 1.82) is 0 Å². The number of anilines is 3. The van der Waals surface area contributed by atoms with Crippen LogP contribution in [0, 0.1) is 0 Å². The fourth-order valence-electron chi connectivity index (χ4n) is 11.3. The Morgan fingerprint density at radius 3 is 1.88 bits per heavy atom. The zero-order valence-corrected chi connectivity index (χ0v) is 32.9. The summed E-state index contributed by atoms with van der Waals surface area (Å²) in [7, 11) is 0. The lowest BCUT2D eigenvalue weighted by Crippen LogP contribution is -2.21. The van der Waals surface area contributed by atoms with E-state index in [9.17, 15) is 0 Å². The van der Waals surface area contributed by atoms with Gasteiger partial charge < -0.3 is 9.32 Å². The Labute approximate surface area is 340 Å². The monoisotopic (exact) mass is 745 g/mol. The Morgan fingerprint density at radius 2 is 1.03 bits per heavy atom. The van der Waals surface area contributed by atoms with Crippen LogP contribution in [0.2, 0.25) is 0 Å². The van der Waals surface area contributed by atoms with Crippen LogP contribution < -0.4 is 4.90 Å². The Bertz CT molecular complexity index is 3100. The fourth-order valence-corrected chi connectivity index (χ4v) is 11.3. The van der Waals surface area contributed by atoms with Gasteiger partial charge in [0.05, 0.1) is 0 Å². The van der Waals surface area contributed by atoms with E-state index >= 15 is 0 Å². The number of para-hydroxylation sites is 1. The van der Waals surface area contributed by atoms with Crippen LogP contribution in [0.25, 0.3) is 66.4 Å². The molecule has 2 nitrogen and oxygen atoms in total. The Kier molecular flexibility index (Phi) is 7.18. The molecule has 1 fully saturated rings. The standard InChI is InChI=1S/C56H43NO/c1-55(2)48-22-6-3-17-44(48)46-21-12-20-42(54(46)55)36-26-28-38(29-27-36)57(40-30-31-45-43-16-4-7-23-49(43)56(50(45)35-40)32-9-10-33-56)39-15-11-14-37(34-39)41-19-13-25-52-53(41)47-18-5-8-24-51(47)58-52/h3-8,11-31,34-35H,9-10,32-33H2,1-2H3. The van der Waals surface area contributed by atoms with E-state index in [-0.39, 0.29) is 10.8 Å². The van der Waals surface area contributed by atoms with Crippen LogP contribution >= 0.6 is 0 Å². The van der Waals surface area contributed by atoms with Crippen LogP contribution in [0.5, 0.6) is 0 Å². The van der Waals surface area contributed by atoms with Crippen molar-refractivity contribution in [3.05, 3.63) is 198 Å². The molecule has 1 heterocycles. The van der Waals surface area contributed by atoms with E-state index in [1.165, 1.54) is 98.1 Å². The van der Waals surface area contributed by atoms with E-state index < -0.39 is 0 Å². The van der Waals surface area contributed by atoms with Gasteiger partial charge in [0.25, 0.3) is 0 Å². The molecular formula is C56H43NO. The average Bonchev–Trinajstić information content (AvgIpc) is 4.03. The second-order valence-electron chi connectivity index (χ2n) is 17.2. The zero-order valence-electron chi connectivity index (χ0n) is 32.9. The molecule has 12 rings (SSSR count). The maximum atomic E-state index is 6.34. The first-order valence-corrected chi connectivity index (χ1v) is 20.9. The van der Waals surface area contributed by atoms with E-state index in [2.05, 4.69) is 189 Å². The smallest absolute Gasteiger partial charge is 0.136 e. The van der Waals surface area contributed by atoms with E-state index in [4.69, 9.17) is 4.42 Å². The van der Waals surface area contributed by atoms with Gasteiger partial charge in [0, 0.05) is 38.7 Å². The van der Waals surface area contributed by atoms with Crippen molar-refractivity contribution in [2.75, 3.05) is 4.90 Å². The molecule has 0 amide bonds. The Hall–Kier alpha value is -6.64. The van der Waals surface area contributed by atoms with Gasteiger partial charge in [-0.3, -0.25) is 0 Å². The summed E-state index contributed by atoms with van der Waals surface area (Å²) >= 11 is 0. The molecule has 0 atom stereocenters.